The van der Waals surface area contributed by atoms with Gasteiger partial charge in [0.2, 0.25) is 0 Å². The number of benzene rings is 3. The number of aliphatic hydroxyl groups excluding tert-OH is 1. The Labute approximate surface area is 183 Å². The molecule has 1 fully saturated rings. The third-order valence-electron chi connectivity index (χ3n) is 6.65. The van der Waals surface area contributed by atoms with Crippen LogP contribution in [0.15, 0.2) is 72.8 Å². The van der Waals surface area contributed by atoms with E-state index in [2.05, 4.69) is 60.7 Å². The van der Waals surface area contributed by atoms with Crippen molar-refractivity contribution in [3.05, 3.63) is 95.1 Å². The van der Waals surface area contributed by atoms with E-state index in [1.165, 1.54) is 27.8 Å². The monoisotopic (exact) mass is 413 g/mol. The number of carbonyl (C=O) groups is 1. The molecule has 4 nitrogen and oxygen atoms in total. The fourth-order valence-electron chi connectivity index (χ4n) is 5.00. The molecule has 5 rings (SSSR count). The van der Waals surface area contributed by atoms with Crippen LogP contribution in [0.5, 0.6) is 0 Å². The number of piperidine rings is 1. The standard InChI is InChI=1S/C27H27NO3/c29-17-19-11-13-20(14-12-19)21-6-5-15-28(16-21)27(30)31-18-26-24-9-3-1-7-22(24)23-8-2-4-10-25(23)26/h1-4,7-14,21,26,29H,5-6,15-18H2. The minimum absolute atomic E-state index is 0.0524. The SMILES string of the molecule is O=C(OCC1c2ccccc2-c2ccccc21)N1CCCC(c2ccc(CO)cc2)C1. The van der Waals surface area contributed by atoms with Crippen molar-refractivity contribution in [2.24, 2.45) is 0 Å². The van der Waals surface area contributed by atoms with Crippen LogP contribution >= 0.6 is 0 Å². The van der Waals surface area contributed by atoms with Crippen molar-refractivity contribution in [2.75, 3.05) is 19.7 Å². The molecular formula is C27H27NO3. The Morgan fingerprint density at radius 1 is 0.935 bits per heavy atom. The molecule has 1 N–H and O–H groups in total. The molecule has 0 spiro atoms. The quantitative estimate of drug-likeness (QED) is 0.631. The first-order valence-corrected chi connectivity index (χ1v) is 11.0. The molecule has 1 atom stereocenters. The van der Waals surface area contributed by atoms with Gasteiger partial charge in [-0.15, -0.1) is 0 Å². The van der Waals surface area contributed by atoms with Crippen molar-refractivity contribution in [1.82, 2.24) is 4.90 Å². The maximum atomic E-state index is 12.9. The molecule has 0 aromatic heterocycles. The van der Waals surface area contributed by atoms with E-state index < -0.39 is 0 Å². The topological polar surface area (TPSA) is 49.8 Å². The smallest absolute Gasteiger partial charge is 0.409 e. The van der Waals surface area contributed by atoms with Crippen molar-refractivity contribution in [3.8, 4) is 11.1 Å². The molecule has 1 amide bonds. The highest BCUT2D eigenvalue weighted by Crippen LogP contribution is 2.44. The second-order valence-corrected chi connectivity index (χ2v) is 8.49. The summed E-state index contributed by atoms with van der Waals surface area (Å²) in [6.45, 7) is 1.83. The van der Waals surface area contributed by atoms with Crippen molar-refractivity contribution < 1.29 is 14.6 Å². The molecule has 3 aromatic rings. The third-order valence-corrected chi connectivity index (χ3v) is 6.65. The summed E-state index contributed by atoms with van der Waals surface area (Å²) in [7, 11) is 0. The summed E-state index contributed by atoms with van der Waals surface area (Å²) in [5.41, 5.74) is 7.07. The highest BCUT2D eigenvalue weighted by Gasteiger charge is 2.31. The van der Waals surface area contributed by atoms with Gasteiger partial charge in [0.1, 0.15) is 6.61 Å². The Kier molecular flexibility index (Phi) is 5.47. The Morgan fingerprint density at radius 3 is 2.23 bits per heavy atom. The molecule has 1 unspecified atom stereocenters. The minimum Gasteiger partial charge on any atom is -0.448 e. The van der Waals surface area contributed by atoms with Gasteiger partial charge in [0.05, 0.1) is 6.61 Å². The first kappa shape index (κ1) is 19.8. The molecule has 1 heterocycles. The van der Waals surface area contributed by atoms with E-state index in [9.17, 15) is 9.90 Å². The van der Waals surface area contributed by atoms with Gasteiger partial charge in [0.15, 0.2) is 0 Å². The van der Waals surface area contributed by atoms with Gasteiger partial charge in [0, 0.05) is 24.9 Å². The number of hydrogen-bond acceptors (Lipinski definition) is 3. The number of nitrogens with zero attached hydrogens (tertiary/aromatic N) is 1. The van der Waals surface area contributed by atoms with Gasteiger partial charge in [-0.05, 0) is 46.2 Å². The summed E-state index contributed by atoms with van der Waals surface area (Å²) in [5.74, 6) is 0.393. The summed E-state index contributed by atoms with van der Waals surface area (Å²) in [5, 5.41) is 9.26. The van der Waals surface area contributed by atoms with Crippen LogP contribution in [-0.4, -0.2) is 35.8 Å². The number of likely N-dealkylation sites (tertiary alicyclic amines) is 1. The van der Waals surface area contributed by atoms with Crippen LogP contribution in [-0.2, 0) is 11.3 Å². The summed E-state index contributed by atoms with van der Waals surface area (Å²) in [6.07, 6.45) is 1.81. The lowest BCUT2D eigenvalue weighted by atomic mass is 9.90. The highest BCUT2D eigenvalue weighted by molar-refractivity contribution is 5.79. The average molecular weight is 414 g/mol. The molecule has 1 aliphatic heterocycles. The number of aliphatic hydroxyl groups is 1. The van der Waals surface area contributed by atoms with Crippen LogP contribution in [0, 0.1) is 0 Å². The van der Waals surface area contributed by atoms with Crippen LogP contribution < -0.4 is 0 Å². The Hall–Kier alpha value is -3.11. The van der Waals surface area contributed by atoms with E-state index in [-0.39, 0.29) is 18.6 Å². The Bertz CT molecular complexity index is 1030. The normalized spacial score (nSPS) is 17.8. The van der Waals surface area contributed by atoms with Crippen molar-refractivity contribution in [1.29, 1.82) is 0 Å². The van der Waals surface area contributed by atoms with E-state index in [0.29, 0.717) is 19.1 Å². The van der Waals surface area contributed by atoms with E-state index in [4.69, 9.17) is 4.74 Å². The van der Waals surface area contributed by atoms with Gasteiger partial charge >= 0.3 is 6.09 Å². The molecule has 158 valence electrons. The van der Waals surface area contributed by atoms with Gasteiger partial charge in [-0.2, -0.15) is 0 Å². The molecular weight excluding hydrogens is 386 g/mol. The molecule has 2 aliphatic rings. The molecule has 3 aromatic carbocycles. The Balaban J connectivity index is 1.26. The summed E-state index contributed by atoms with van der Waals surface area (Å²) in [4.78, 5) is 14.8. The predicted octanol–water partition coefficient (Wildman–Crippen LogP) is 5.31. The number of hydrogen-bond donors (Lipinski definition) is 1. The molecule has 1 aliphatic carbocycles. The maximum absolute atomic E-state index is 12.9. The largest absolute Gasteiger partial charge is 0.448 e. The molecule has 4 heteroatoms. The number of amides is 1. The second kappa shape index (κ2) is 8.56. The highest BCUT2D eigenvalue weighted by atomic mass is 16.6. The van der Waals surface area contributed by atoms with Gasteiger partial charge in [-0.25, -0.2) is 4.79 Å². The van der Waals surface area contributed by atoms with Gasteiger partial charge in [0.25, 0.3) is 0 Å². The maximum Gasteiger partial charge on any atom is 0.409 e. The van der Waals surface area contributed by atoms with Crippen LogP contribution in [0.4, 0.5) is 4.79 Å². The number of carbonyl (C=O) groups excluding carboxylic acids is 1. The third kappa shape index (κ3) is 3.84. The van der Waals surface area contributed by atoms with E-state index in [1.807, 2.05) is 17.0 Å². The van der Waals surface area contributed by atoms with Crippen LogP contribution in [0.3, 0.4) is 0 Å². The van der Waals surface area contributed by atoms with Crippen molar-refractivity contribution in [3.63, 3.8) is 0 Å². The average Bonchev–Trinajstić information content (AvgIpc) is 3.16. The molecule has 0 bridgehead atoms. The number of fused-ring (bicyclic) bond motifs is 3. The summed E-state index contributed by atoms with van der Waals surface area (Å²) in [6, 6.07) is 24.9. The number of rotatable bonds is 4. The first-order chi connectivity index (χ1) is 15.2. The lowest BCUT2D eigenvalue weighted by Crippen LogP contribution is -2.39. The van der Waals surface area contributed by atoms with Gasteiger partial charge in [-0.3, -0.25) is 0 Å². The zero-order valence-electron chi connectivity index (χ0n) is 17.5. The van der Waals surface area contributed by atoms with Gasteiger partial charge < -0.3 is 14.7 Å². The second-order valence-electron chi connectivity index (χ2n) is 8.49. The van der Waals surface area contributed by atoms with Crippen LogP contribution in [0.25, 0.3) is 11.1 Å². The van der Waals surface area contributed by atoms with E-state index in [1.54, 1.807) is 0 Å². The molecule has 31 heavy (non-hydrogen) atoms. The summed E-state index contributed by atoms with van der Waals surface area (Å²) >= 11 is 0. The van der Waals surface area contributed by atoms with E-state index >= 15 is 0 Å². The lowest BCUT2D eigenvalue weighted by molar-refractivity contribution is 0.0892. The first-order valence-electron chi connectivity index (χ1n) is 11.0. The fraction of sp³-hybridized carbons (Fsp3) is 0.296. The molecule has 1 saturated heterocycles. The predicted molar refractivity (Wildman–Crippen MR) is 121 cm³/mol. The van der Waals surface area contributed by atoms with Crippen molar-refractivity contribution >= 4 is 6.09 Å². The zero-order valence-corrected chi connectivity index (χ0v) is 17.5. The Morgan fingerprint density at radius 2 is 1.58 bits per heavy atom. The molecule has 0 radical (unpaired) electrons. The zero-order chi connectivity index (χ0) is 21.2. The number of ether oxygens (including phenoxy) is 1. The lowest BCUT2D eigenvalue weighted by Gasteiger charge is -2.32. The van der Waals surface area contributed by atoms with Gasteiger partial charge in [-0.1, -0.05) is 72.8 Å². The van der Waals surface area contributed by atoms with Crippen LogP contribution in [0.1, 0.15) is 46.9 Å². The van der Waals surface area contributed by atoms with E-state index in [0.717, 1.165) is 24.9 Å². The minimum atomic E-state index is -0.224. The molecule has 0 saturated carbocycles. The van der Waals surface area contributed by atoms with Crippen LogP contribution in [0.2, 0.25) is 0 Å². The van der Waals surface area contributed by atoms with Crippen molar-refractivity contribution in [2.45, 2.75) is 31.3 Å². The summed E-state index contributed by atoms with van der Waals surface area (Å²) < 4.78 is 5.85. The fourth-order valence-corrected chi connectivity index (χ4v) is 5.00.